The molecule has 0 unspecified atom stereocenters. The predicted molar refractivity (Wildman–Crippen MR) is 88.1 cm³/mol. The van der Waals surface area contributed by atoms with E-state index >= 15 is 0 Å². The summed E-state index contributed by atoms with van der Waals surface area (Å²) >= 11 is 0. The van der Waals surface area contributed by atoms with Crippen LogP contribution in [0.5, 0.6) is 5.75 Å². The topological polar surface area (TPSA) is 14.2 Å². The van der Waals surface area contributed by atoms with Crippen molar-refractivity contribution in [3.05, 3.63) is 65.4 Å². The Bertz CT molecular complexity index is 756. The lowest BCUT2D eigenvalue weighted by Crippen LogP contribution is -2.04. The molecule has 0 aliphatic carbocycles. The highest BCUT2D eigenvalue weighted by atomic mass is 16.5. The highest BCUT2D eigenvalue weighted by molar-refractivity contribution is 5.86. The number of rotatable bonds is 4. The van der Waals surface area contributed by atoms with E-state index in [1.807, 2.05) is 6.07 Å². The van der Waals surface area contributed by atoms with Gasteiger partial charge in [-0.2, -0.15) is 0 Å². The van der Waals surface area contributed by atoms with Crippen molar-refractivity contribution in [1.29, 1.82) is 0 Å². The summed E-state index contributed by atoms with van der Waals surface area (Å²) in [6.07, 6.45) is 1.04. The van der Waals surface area contributed by atoms with Gasteiger partial charge < -0.3 is 9.30 Å². The fourth-order valence-electron chi connectivity index (χ4n) is 3.08. The Hall–Kier alpha value is -2.22. The molecule has 21 heavy (non-hydrogen) atoms. The van der Waals surface area contributed by atoms with Crippen LogP contribution in [0.2, 0.25) is 0 Å². The lowest BCUT2D eigenvalue weighted by Gasteiger charge is -2.10. The molecule has 3 rings (SSSR count). The zero-order chi connectivity index (χ0) is 14.8. The maximum atomic E-state index is 5.37. The average Bonchev–Trinajstić information content (AvgIpc) is 2.80. The molecule has 0 N–H and O–H groups in total. The summed E-state index contributed by atoms with van der Waals surface area (Å²) in [5.74, 6) is 0.921. The minimum Gasteiger partial charge on any atom is -0.497 e. The lowest BCUT2D eigenvalue weighted by molar-refractivity contribution is 0.415. The molecule has 0 fully saturated rings. The molecule has 0 radical (unpaired) electrons. The summed E-state index contributed by atoms with van der Waals surface area (Å²) in [4.78, 5) is 0. The standard InChI is InChI=1S/C19H21NO/c1-4-18-14(2)17-12-16(21-3)10-11-19(17)20(18)13-15-8-6-5-7-9-15/h5-12H,4,13H2,1-3H3. The van der Waals surface area contributed by atoms with Gasteiger partial charge >= 0.3 is 0 Å². The second kappa shape index (κ2) is 5.65. The molecular weight excluding hydrogens is 258 g/mol. The maximum Gasteiger partial charge on any atom is 0.119 e. The minimum absolute atomic E-state index is 0.917. The molecule has 1 heterocycles. The summed E-state index contributed by atoms with van der Waals surface area (Å²) < 4.78 is 7.80. The van der Waals surface area contributed by atoms with Gasteiger partial charge in [0, 0.05) is 23.1 Å². The van der Waals surface area contributed by atoms with E-state index in [9.17, 15) is 0 Å². The molecule has 0 saturated carbocycles. The molecule has 2 heteroatoms. The summed E-state index contributed by atoms with van der Waals surface area (Å²) in [5, 5.41) is 1.29. The molecule has 108 valence electrons. The van der Waals surface area contributed by atoms with E-state index < -0.39 is 0 Å². The van der Waals surface area contributed by atoms with Crippen LogP contribution in [-0.2, 0) is 13.0 Å². The summed E-state index contributed by atoms with van der Waals surface area (Å²) in [6.45, 7) is 5.35. The van der Waals surface area contributed by atoms with Crippen LogP contribution in [0.25, 0.3) is 10.9 Å². The number of benzene rings is 2. The molecule has 0 saturated heterocycles. The number of hydrogen-bond donors (Lipinski definition) is 0. The van der Waals surface area contributed by atoms with E-state index in [-0.39, 0.29) is 0 Å². The maximum absolute atomic E-state index is 5.37. The third kappa shape index (κ3) is 2.42. The first-order valence-corrected chi connectivity index (χ1v) is 7.44. The van der Waals surface area contributed by atoms with Gasteiger partial charge in [0.05, 0.1) is 7.11 Å². The van der Waals surface area contributed by atoms with Gasteiger partial charge in [-0.25, -0.2) is 0 Å². The summed E-state index contributed by atoms with van der Waals surface area (Å²) in [5.41, 5.74) is 5.39. The molecule has 3 aromatic rings. The Balaban J connectivity index is 2.16. The normalized spacial score (nSPS) is 11.0. The van der Waals surface area contributed by atoms with Crippen molar-refractivity contribution in [2.75, 3.05) is 7.11 Å². The van der Waals surface area contributed by atoms with Crippen molar-refractivity contribution in [3.8, 4) is 5.75 Å². The molecule has 0 aliphatic heterocycles. The van der Waals surface area contributed by atoms with E-state index in [1.165, 1.54) is 27.7 Å². The first kappa shape index (κ1) is 13.7. The second-order valence-corrected chi connectivity index (χ2v) is 5.38. The van der Waals surface area contributed by atoms with Crippen molar-refractivity contribution in [1.82, 2.24) is 4.57 Å². The Morgan fingerprint density at radius 2 is 1.81 bits per heavy atom. The van der Waals surface area contributed by atoms with Gasteiger partial charge in [-0.1, -0.05) is 37.3 Å². The van der Waals surface area contributed by atoms with Gasteiger partial charge in [0.15, 0.2) is 0 Å². The summed E-state index contributed by atoms with van der Waals surface area (Å²) in [6, 6.07) is 17.0. The number of nitrogens with zero attached hydrogens (tertiary/aromatic N) is 1. The van der Waals surface area contributed by atoms with Gasteiger partial charge in [0.25, 0.3) is 0 Å². The molecule has 0 atom stereocenters. The van der Waals surface area contributed by atoms with Gasteiger partial charge in [-0.15, -0.1) is 0 Å². The molecule has 0 aliphatic rings. The number of aromatic nitrogens is 1. The zero-order valence-corrected chi connectivity index (χ0v) is 12.9. The molecule has 0 bridgehead atoms. The van der Waals surface area contributed by atoms with Crippen LogP contribution in [0.3, 0.4) is 0 Å². The van der Waals surface area contributed by atoms with Gasteiger partial charge in [-0.3, -0.25) is 0 Å². The fourth-order valence-corrected chi connectivity index (χ4v) is 3.08. The number of hydrogen-bond acceptors (Lipinski definition) is 1. The van der Waals surface area contributed by atoms with E-state index in [1.54, 1.807) is 7.11 Å². The van der Waals surface area contributed by atoms with Crippen molar-refractivity contribution in [2.24, 2.45) is 0 Å². The van der Waals surface area contributed by atoms with E-state index in [0.29, 0.717) is 0 Å². The van der Waals surface area contributed by atoms with Crippen molar-refractivity contribution in [3.63, 3.8) is 0 Å². The van der Waals surface area contributed by atoms with Crippen LogP contribution in [0.4, 0.5) is 0 Å². The van der Waals surface area contributed by atoms with Crippen molar-refractivity contribution in [2.45, 2.75) is 26.8 Å². The number of ether oxygens (including phenoxy) is 1. The monoisotopic (exact) mass is 279 g/mol. The Labute approximate surface area is 126 Å². The van der Waals surface area contributed by atoms with Gasteiger partial charge in [-0.05, 0) is 42.7 Å². The second-order valence-electron chi connectivity index (χ2n) is 5.38. The third-order valence-corrected chi connectivity index (χ3v) is 4.18. The quantitative estimate of drug-likeness (QED) is 0.682. The highest BCUT2D eigenvalue weighted by Gasteiger charge is 2.13. The smallest absolute Gasteiger partial charge is 0.119 e. The van der Waals surface area contributed by atoms with Crippen LogP contribution in [-0.4, -0.2) is 11.7 Å². The number of methoxy groups -OCH3 is 1. The van der Waals surface area contributed by atoms with Crippen molar-refractivity contribution < 1.29 is 4.74 Å². The van der Waals surface area contributed by atoms with Crippen LogP contribution in [0, 0.1) is 6.92 Å². The first-order valence-electron chi connectivity index (χ1n) is 7.44. The third-order valence-electron chi connectivity index (χ3n) is 4.18. The Morgan fingerprint density at radius 1 is 1.05 bits per heavy atom. The molecule has 0 spiro atoms. The summed E-state index contributed by atoms with van der Waals surface area (Å²) in [7, 11) is 1.72. The first-order chi connectivity index (χ1) is 10.2. The van der Waals surface area contributed by atoms with Crippen molar-refractivity contribution >= 4 is 10.9 Å². The van der Waals surface area contributed by atoms with Crippen LogP contribution < -0.4 is 4.74 Å². The minimum atomic E-state index is 0.917. The number of aryl methyl sites for hydroxylation is 1. The molecule has 1 aromatic heterocycles. The van der Waals surface area contributed by atoms with Gasteiger partial charge in [0.1, 0.15) is 5.75 Å². The Morgan fingerprint density at radius 3 is 2.48 bits per heavy atom. The van der Waals surface area contributed by atoms with Crippen LogP contribution in [0.15, 0.2) is 48.5 Å². The molecule has 2 nitrogen and oxygen atoms in total. The largest absolute Gasteiger partial charge is 0.497 e. The van der Waals surface area contributed by atoms with Gasteiger partial charge in [0.2, 0.25) is 0 Å². The van der Waals surface area contributed by atoms with E-state index in [2.05, 4.69) is 60.9 Å². The molecule has 2 aromatic carbocycles. The average molecular weight is 279 g/mol. The molecule has 0 amide bonds. The highest BCUT2D eigenvalue weighted by Crippen LogP contribution is 2.30. The predicted octanol–water partition coefficient (Wildman–Crippen LogP) is 4.57. The van der Waals surface area contributed by atoms with E-state index in [4.69, 9.17) is 4.74 Å². The lowest BCUT2D eigenvalue weighted by atomic mass is 10.1. The fraction of sp³-hybridized carbons (Fsp3) is 0.263. The SMILES string of the molecule is CCc1c(C)c2cc(OC)ccc2n1Cc1ccccc1. The van der Waals surface area contributed by atoms with Crippen LogP contribution in [0.1, 0.15) is 23.7 Å². The number of fused-ring (bicyclic) bond motifs is 1. The Kier molecular flexibility index (Phi) is 3.70. The zero-order valence-electron chi connectivity index (χ0n) is 12.9. The van der Waals surface area contributed by atoms with Crippen LogP contribution >= 0.6 is 0 Å². The molecular formula is C19H21NO. The van der Waals surface area contributed by atoms with E-state index in [0.717, 1.165) is 18.7 Å².